The second kappa shape index (κ2) is 7.51. The van der Waals surface area contributed by atoms with Gasteiger partial charge in [-0.2, -0.15) is 13.2 Å². The molecule has 0 aromatic heterocycles. The maximum atomic E-state index is 12.9. The summed E-state index contributed by atoms with van der Waals surface area (Å²) in [5.41, 5.74) is 0.431. The Morgan fingerprint density at radius 2 is 1.88 bits per heavy atom. The number of amides is 1. The van der Waals surface area contributed by atoms with Gasteiger partial charge in [0.1, 0.15) is 5.82 Å². The molecule has 1 amide bonds. The topological polar surface area (TPSA) is 49.3 Å². The molecule has 1 aliphatic carbocycles. The summed E-state index contributed by atoms with van der Waals surface area (Å²) in [6.07, 6.45) is -4.72. The summed E-state index contributed by atoms with van der Waals surface area (Å²) in [5.74, 6) is -3.06. The van der Waals surface area contributed by atoms with Crippen molar-refractivity contribution in [1.29, 1.82) is 0 Å². The fourth-order valence-electron chi connectivity index (χ4n) is 3.10. The molecule has 1 fully saturated rings. The highest BCUT2D eigenvalue weighted by molar-refractivity contribution is 5.79. The summed E-state index contributed by atoms with van der Waals surface area (Å²) in [5, 5.41) is 12.8. The highest BCUT2D eigenvalue weighted by atomic mass is 19.4. The maximum Gasteiger partial charge on any atom is 0.391 e. The van der Waals surface area contributed by atoms with Crippen molar-refractivity contribution in [3.8, 4) is 0 Å². The van der Waals surface area contributed by atoms with Crippen molar-refractivity contribution in [3.05, 3.63) is 35.6 Å². The van der Waals surface area contributed by atoms with Gasteiger partial charge >= 0.3 is 6.18 Å². The van der Waals surface area contributed by atoms with E-state index in [1.54, 1.807) is 6.92 Å². The molecule has 1 saturated carbocycles. The molecule has 4 atom stereocenters. The predicted molar refractivity (Wildman–Crippen MR) is 80.5 cm³/mol. The van der Waals surface area contributed by atoms with Crippen molar-refractivity contribution in [2.75, 3.05) is 0 Å². The number of carbonyl (C=O) groups excluding carboxylic acids is 1. The van der Waals surface area contributed by atoms with E-state index in [4.69, 9.17) is 0 Å². The van der Waals surface area contributed by atoms with E-state index < -0.39 is 41.9 Å². The summed E-state index contributed by atoms with van der Waals surface area (Å²) in [4.78, 5) is 12.2. The molecule has 3 nitrogen and oxygen atoms in total. The third-order valence-corrected chi connectivity index (χ3v) is 4.56. The lowest BCUT2D eigenvalue weighted by molar-refractivity contribution is -0.186. The van der Waals surface area contributed by atoms with E-state index in [1.807, 2.05) is 0 Å². The number of halogens is 4. The van der Waals surface area contributed by atoms with Gasteiger partial charge in [-0.1, -0.05) is 18.6 Å². The Morgan fingerprint density at radius 1 is 1.25 bits per heavy atom. The highest BCUT2D eigenvalue weighted by Gasteiger charge is 2.43. The molecular weight excluding hydrogens is 326 g/mol. The standard InChI is InChI=1S/C17H21F4NO2/c1-10(15(23)11-5-7-14(18)8-6-11)22-16(24)12-3-2-4-13(9-12)17(19,20)21/h5-8,10,12-13,15,23H,2-4,9H2,1H3,(H,22,24). The fraction of sp³-hybridized carbons (Fsp3) is 0.588. The summed E-state index contributed by atoms with van der Waals surface area (Å²) in [7, 11) is 0. The van der Waals surface area contributed by atoms with Crippen LogP contribution < -0.4 is 5.32 Å². The predicted octanol–water partition coefficient (Wildman–Crippen LogP) is 3.73. The van der Waals surface area contributed by atoms with Gasteiger partial charge in [-0.25, -0.2) is 4.39 Å². The van der Waals surface area contributed by atoms with Crippen molar-refractivity contribution < 1.29 is 27.5 Å². The van der Waals surface area contributed by atoms with Gasteiger partial charge in [-0.3, -0.25) is 4.79 Å². The minimum absolute atomic E-state index is 0.0566. The molecule has 2 rings (SSSR count). The number of hydrogen-bond donors (Lipinski definition) is 2. The molecule has 2 N–H and O–H groups in total. The van der Waals surface area contributed by atoms with Crippen molar-refractivity contribution in [1.82, 2.24) is 5.32 Å². The van der Waals surface area contributed by atoms with Crippen molar-refractivity contribution >= 4 is 5.91 Å². The van der Waals surface area contributed by atoms with Crippen LogP contribution in [0, 0.1) is 17.7 Å². The average Bonchev–Trinajstić information content (AvgIpc) is 2.54. The largest absolute Gasteiger partial charge is 0.391 e. The molecule has 24 heavy (non-hydrogen) atoms. The monoisotopic (exact) mass is 347 g/mol. The summed E-state index contributed by atoms with van der Waals surface area (Å²) in [6.45, 7) is 1.57. The van der Waals surface area contributed by atoms with Crippen LogP contribution in [0.25, 0.3) is 0 Å². The Balaban J connectivity index is 1.94. The second-order valence-electron chi connectivity index (χ2n) is 6.40. The van der Waals surface area contributed by atoms with Gasteiger partial charge in [0, 0.05) is 5.92 Å². The van der Waals surface area contributed by atoms with Crippen LogP contribution in [0.4, 0.5) is 17.6 Å². The van der Waals surface area contributed by atoms with Gasteiger partial charge in [0.25, 0.3) is 0 Å². The van der Waals surface area contributed by atoms with Gasteiger partial charge in [-0.05, 0) is 43.9 Å². The molecule has 0 bridgehead atoms. The van der Waals surface area contributed by atoms with E-state index in [9.17, 15) is 27.5 Å². The van der Waals surface area contributed by atoms with Crippen LogP contribution in [0.5, 0.6) is 0 Å². The van der Waals surface area contributed by atoms with Gasteiger partial charge in [-0.15, -0.1) is 0 Å². The number of carbonyl (C=O) groups is 1. The second-order valence-corrected chi connectivity index (χ2v) is 6.40. The molecule has 0 spiro atoms. The number of aliphatic hydroxyl groups excluding tert-OH is 1. The number of alkyl halides is 3. The molecule has 1 aromatic rings. The van der Waals surface area contributed by atoms with Crippen LogP contribution in [0.15, 0.2) is 24.3 Å². The Bertz CT molecular complexity index is 559. The molecule has 0 saturated heterocycles. The van der Waals surface area contributed by atoms with Crippen LogP contribution in [0.2, 0.25) is 0 Å². The van der Waals surface area contributed by atoms with E-state index in [2.05, 4.69) is 5.32 Å². The molecule has 0 radical (unpaired) electrons. The lowest BCUT2D eigenvalue weighted by Gasteiger charge is -2.31. The van der Waals surface area contributed by atoms with E-state index in [-0.39, 0.29) is 12.8 Å². The van der Waals surface area contributed by atoms with E-state index >= 15 is 0 Å². The van der Waals surface area contributed by atoms with E-state index in [0.717, 1.165) is 0 Å². The zero-order chi connectivity index (χ0) is 17.9. The number of rotatable bonds is 4. The highest BCUT2D eigenvalue weighted by Crippen LogP contribution is 2.40. The van der Waals surface area contributed by atoms with Crippen LogP contribution in [0.1, 0.15) is 44.3 Å². The Morgan fingerprint density at radius 3 is 2.46 bits per heavy atom. The van der Waals surface area contributed by atoms with Crippen LogP contribution in [-0.2, 0) is 4.79 Å². The number of benzene rings is 1. The van der Waals surface area contributed by atoms with Gasteiger partial charge in [0.15, 0.2) is 0 Å². The maximum absolute atomic E-state index is 12.9. The minimum atomic E-state index is -4.28. The number of aliphatic hydroxyl groups is 1. The van der Waals surface area contributed by atoms with Crippen molar-refractivity contribution in [3.63, 3.8) is 0 Å². The zero-order valence-corrected chi connectivity index (χ0v) is 13.3. The SMILES string of the molecule is CC(NC(=O)C1CCCC(C(F)(F)F)C1)C(O)c1ccc(F)cc1. The van der Waals surface area contributed by atoms with Crippen LogP contribution >= 0.6 is 0 Å². The van der Waals surface area contributed by atoms with Gasteiger partial charge in [0.2, 0.25) is 5.91 Å². The third kappa shape index (κ3) is 4.69. The van der Waals surface area contributed by atoms with E-state index in [1.165, 1.54) is 24.3 Å². The quantitative estimate of drug-likeness (QED) is 0.816. The van der Waals surface area contributed by atoms with Crippen LogP contribution in [0.3, 0.4) is 0 Å². The molecule has 134 valence electrons. The molecule has 1 aromatic carbocycles. The van der Waals surface area contributed by atoms with Gasteiger partial charge < -0.3 is 10.4 Å². The molecule has 0 heterocycles. The molecular formula is C17H21F4NO2. The van der Waals surface area contributed by atoms with Crippen LogP contribution in [-0.4, -0.2) is 23.2 Å². The number of nitrogens with one attached hydrogen (secondary N) is 1. The molecule has 7 heteroatoms. The first-order valence-corrected chi connectivity index (χ1v) is 7.99. The third-order valence-electron chi connectivity index (χ3n) is 4.56. The molecule has 4 unspecified atom stereocenters. The summed E-state index contributed by atoms with van der Waals surface area (Å²) >= 11 is 0. The van der Waals surface area contributed by atoms with Gasteiger partial charge in [0.05, 0.1) is 18.1 Å². The Labute approximate surface area is 138 Å². The van der Waals surface area contributed by atoms with Crippen molar-refractivity contribution in [2.45, 2.75) is 50.9 Å². The lowest BCUT2D eigenvalue weighted by atomic mass is 9.80. The zero-order valence-electron chi connectivity index (χ0n) is 13.3. The first kappa shape index (κ1) is 18.7. The number of hydrogen-bond acceptors (Lipinski definition) is 2. The first-order chi connectivity index (χ1) is 11.2. The first-order valence-electron chi connectivity index (χ1n) is 7.99. The Hall–Kier alpha value is -1.63. The lowest BCUT2D eigenvalue weighted by Crippen LogP contribution is -2.43. The average molecular weight is 347 g/mol. The minimum Gasteiger partial charge on any atom is -0.386 e. The smallest absolute Gasteiger partial charge is 0.386 e. The summed E-state index contributed by atoms with van der Waals surface area (Å²) < 4.78 is 51.4. The molecule has 1 aliphatic rings. The molecule has 0 aliphatic heterocycles. The van der Waals surface area contributed by atoms with Crippen molar-refractivity contribution in [2.24, 2.45) is 11.8 Å². The Kier molecular flexibility index (Phi) is 5.85. The fourth-order valence-corrected chi connectivity index (χ4v) is 3.10. The van der Waals surface area contributed by atoms with E-state index in [0.29, 0.717) is 18.4 Å². The normalized spacial score (nSPS) is 24.2. The summed E-state index contributed by atoms with van der Waals surface area (Å²) in [6, 6.07) is 4.52.